The molecule has 2 aromatic carbocycles. The van der Waals surface area contributed by atoms with E-state index in [1.165, 1.54) is 25.5 Å². The van der Waals surface area contributed by atoms with Crippen molar-refractivity contribution in [1.29, 1.82) is 0 Å². The number of amides is 1. The highest BCUT2D eigenvalue weighted by Gasteiger charge is 2.36. The van der Waals surface area contributed by atoms with E-state index < -0.39 is 35.1 Å². The second-order valence-corrected chi connectivity index (χ2v) is 8.02. The first-order valence-corrected chi connectivity index (χ1v) is 11.0. The van der Waals surface area contributed by atoms with Crippen LogP contribution in [0.25, 0.3) is 0 Å². The van der Waals surface area contributed by atoms with E-state index in [1.54, 1.807) is 36.4 Å². The highest BCUT2D eigenvalue weighted by molar-refractivity contribution is 6.30. The number of hydrogen-bond acceptors (Lipinski definition) is 9. The van der Waals surface area contributed by atoms with E-state index in [1.807, 2.05) is 0 Å². The predicted molar refractivity (Wildman–Crippen MR) is 127 cm³/mol. The number of hydrogen-bond donors (Lipinski definition) is 0. The molecule has 1 aliphatic rings. The largest absolute Gasteiger partial charge is 0.493 e. The lowest BCUT2D eigenvalue weighted by molar-refractivity contribution is -0.385. The monoisotopic (exact) mass is 513 g/mol. The first-order chi connectivity index (χ1) is 17.3. The fraction of sp³-hybridized carbons (Fsp3) is 0.208. The first kappa shape index (κ1) is 24.7. The molecular formula is C24H20ClN3O8. The number of nitrogens with zero attached hydrogens (tertiary/aromatic N) is 3. The van der Waals surface area contributed by atoms with Crippen molar-refractivity contribution in [2.45, 2.75) is 12.5 Å². The lowest BCUT2D eigenvalue weighted by atomic mass is 10.0. The Morgan fingerprint density at radius 3 is 2.47 bits per heavy atom. The maximum absolute atomic E-state index is 13.1. The molecule has 0 saturated carbocycles. The molecule has 12 heteroatoms. The fourth-order valence-electron chi connectivity index (χ4n) is 3.71. The zero-order valence-corrected chi connectivity index (χ0v) is 19.9. The summed E-state index contributed by atoms with van der Waals surface area (Å²) in [5, 5.41) is 17.7. The number of carbonyl (C=O) groups excluding carboxylic acids is 2. The average Bonchev–Trinajstić information content (AvgIpc) is 3.57. The summed E-state index contributed by atoms with van der Waals surface area (Å²) < 4.78 is 20.8. The van der Waals surface area contributed by atoms with Gasteiger partial charge in [0.05, 0.1) is 37.2 Å². The van der Waals surface area contributed by atoms with Crippen LogP contribution in [0.1, 0.15) is 34.1 Å². The van der Waals surface area contributed by atoms with Crippen molar-refractivity contribution in [3.05, 3.63) is 86.8 Å². The van der Waals surface area contributed by atoms with E-state index in [4.69, 9.17) is 30.2 Å². The molecule has 1 atom stereocenters. The minimum atomic E-state index is -1.08. The Kier molecular flexibility index (Phi) is 7.20. The Bertz CT molecular complexity index is 1320. The minimum absolute atomic E-state index is 0.0687. The number of ether oxygens (including phenoxy) is 3. The van der Waals surface area contributed by atoms with Gasteiger partial charge in [0.1, 0.15) is 17.4 Å². The number of furan rings is 1. The van der Waals surface area contributed by atoms with E-state index in [9.17, 15) is 19.7 Å². The number of nitro groups is 1. The molecule has 0 unspecified atom stereocenters. The number of halogens is 1. The summed E-state index contributed by atoms with van der Waals surface area (Å²) in [6.45, 7) is -0.709. The Morgan fingerprint density at radius 2 is 1.86 bits per heavy atom. The molecule has 0 bridgehead atoms. The molecule has 11 nitrogen and oxygen atoms in total. The van der Waals surface area contributed by atoms with Crippen LogP contribution in [0.2, 0.25) is 5.02 Å². The summed E-state index contributed by atoms with van der Waals surface area (Å²) in [5.74, 6) is -1.06. The third-order valence-corrected chi connectivity index (χ3v) is 5.71. The molecule has 3 aromatic rings. The van der Waals surface area contributed by atoms with Gasteiger partial charge in [-0.25, -0.2) is 9.80 Å². The molecule has 1 amide bonds. The van der Waals surface area contributed by atoms with Gasteiger partial charge in [-0.05, 0) is 29.8 Å². The topological polar surface area (TPSA) is 134 Å². The molecule has 0 aliphatic carbocycles. The molecule has 36 heavy (non-hydrogen) atoms. The molecular weight excluding hydrogens is 494 g/mol. The Morgan fingerprint density at radius 1 is 1.17 bits per heavy atom. The van der Waals surface area contributed by atoms with Gasteiger partial charge >= 0.3 is 5.97 Å². The maximum Gasteiger partial charge on any atom is 0.345 e. The molecule has 0 N–H and O–H groups in total. The maximum atomic E-state index is 13.1. The summed E-state index contributed by atoms with van der Waals surface area (Å²) >= 11 is 5.97. The molecule has 0 spiro atoms. The van der Waals surface area contributed by atoms with Gasteiger partial charge in [0, 0.05) is 17.5 Å². The lowest BCUT2D eigenvalue weighted by Crippen LogP contribution is -2.31. The van der Waals surface area contributed by atoms with Crippen LogP contribution < -0.4 is 9.47 Å². The van der Waals surface area contributed by atoms with Crippen molar-refractivity contribution in [3.8, 4) is 11.5 Å². The number of methoxy groups -OCH3 is 2. The molecule has 1 aliphatic heterocycles. The van der Waals surface area contributed by atoms with Crippen molar-refractivity contribution in [2.24, 2.45) is 5.10 Å². The number of carbonyl (C=O) groups is 2. The van der Waals surface area contributed by atoms with Crippen LogP contribution >= 0.6 is 11.6 Å². The smallest absolute Gasteiger partial charge is 0.345 e. The second kappa shape index (κ2) is 10.5. The first-order valence-electron chi connectivity index (χ1n) is 10.6. The van der Waals surface area contributed by atoms with E-state index >= 15 is 0 Å². The molecule has 1 aromatic heterocycles. The van der Waals surface area contributed by atoms with Crippen molar-refractivity contribution >= 4 is 34.9 Å². The number of benzene rings is 2. The van der Waals surface area contributed by atoms with E-state index in [-0.39, 0.29) is 17.1 Å². The summed E-state index contributed by atoms with van der Waals surface area (Å²) in [5.41, 5.74) is 0.440. The number of rotatable bonds is 8. The van der Waals surface area contributed by atoms with Crippen LogP contribution in [0.4, 0.5) is 5.69 Å². The van der Waals surface area contributed by atoms with Gasteiger partial charge in [-0.1, -0.05) is 23.7 Å². The van der Waals surface area contributed by atoms with Gasteiger partial charge in [-0.2, -0.15) is 5.10 Å². The average molecular weight is 514 g/mol. The number of esters is 1. The summed E-state index contributed by atoms with van der Waals surface area (Å²) in [4.78, 5) is 36.5. The molecule has 2 heterocycles. The molecule has 0 radical (unpaired) electrons. The zero-order valence-electron chi connectivity index (χ0n) is 19.2. The van der Waals surface area contributed by atoms with Crippen LogP contribution in [0, 0.1) is 10.1 Å². The van der Waals surface area contributed by atoms with Crippen molar-refractivity contribution in [2.75, 3.05) is 20.8 Å². The van der Waals surface area contributed by atoms with Crippen LogP contribution in [0.15, 0.2) is 64.3 Å². The zero-order chi connectivity index (χ0) is 25.8. The quantitative estimate of drug-likeness (QED) is 0.246. The van der Waals surface area contributed by atoms with Gasteiger partial charge in [0.25, 0.3) is 11.6 Å². The van der Waals surface area contributed by atoms with E-state index in [2.05, 4.69) is 5.10 Å². The van der Waals surface area contributed by atoms with Crippen LogP contribution in [-0.4, -0.2) is 48.3 Å². The fourth-order valence-corrected chi connectivity index (χ4v) is 3.84. The van der Waals surface area contributed by atoms with E-state index in [0.717, 1.165) is 17.7 Å². The van der Waals surface area contributed by atoms with Crippen LogP contribution in [0.5, 0.6) is 11.5 Å². The molecule has 0 saturated heterocycles. The summed E-state index contributed by atoms with van der Waals surface area (Å²) in [6.07, 6.45) is 1.84. The number of nitro benzene ring substituents is 1. The molecule has 0 fully saturated rings. The van der Waals surface area contributed by atoms with Crippen molar-refractivity contribution in [1.82, 2.24) is 5.01 Å². The van der Waals surface area contributed by atoms with Gasteiger partial charge in [-0.3, -0.25) is 14.9 Å². The summed E-state index contributed by atoms with van der Waals surface area (Å²) in [6, 6.07) is 12.0. The van der Waals surface area contributed by atoms with Gasteiger partial charge < -0.3 is 18.6 Å². The highest BCUT2D eigenvalue weighted by Crippen LogP contribution is 2.36. The Labute approximate surface area is 209 Å². The van der Waals surface area contributed by atoms with Crippen LogP contribution in [-0.2, 0) is 9.53 Å². The lowest BCUT2D eigenvalue weighted by Gasteiger charge is -2.19. The van der Waals surface area contributed by atoms with Gasteiger partial charge in [-0.15, -0.1) is 0 Å². The molecule has 186 valence electrons. The normalized spacial score (nSPS) is 14.8. The highest BCUT2D eigenvalue weighted by atomic mass is 35.5. The van der Waals surface area contributed by atoms with Crippen molar-refractivity contribution in [3.63, 3.8) is 0 Å². The number of hydrazone groups is 1. The third kappa shape index (κ3) is 5.01. The van der Waals surface area contributed by atoms with Crippen LogP contribution in [0.3, 0.4) is 0 Å². The Hall–Kier alpha value is -4.38. The Balaban J connectivity index is 1.56. The molecule has 4 rings (SSSR count). The third-order valence-electron chi connectivity index (χ3n) is 5.46. The minimum Gasteiger partial charge on any atom is -0.493 e. The van der Waals surface area contributed by atoms with Crippen molar-refractivity contribution < 1.29 is 33.1 Å². The standard InChI is InChI=1S/C24H20ClN3O8/c1-33-21-10-16(18(28(31)32)12-22(21)34-2)24(30)36-13-23(29)27-19(20-4-3-9-35-20)11-17(26-27)14-5-7-15(25)8-6-14/h3-10,12,19H,11,13H2,1-2H3/t19-/m1/s1. The van der Waals surface area contributed by atoms with Gasteiger partial charge in [0.15, 0.2) is 18.1 Å². The van der Waals surface area contributed by atoms with E-state index in [0.29, 0.717) is 22.9 Å². The van der Waals surface area contributed by atoms with Gasteiger partial charge in [0.2, 0.25) is 0 Å². The second-order valence-electron chi connectivity index (χ2n) is 7.58. The SMILES string of the molecule is COc1cc(C(=O)OCC(=O)N2N=C(c3ccc(Cl)cc3)C[C@@H]2c2ccco2)c([N+](=O)[O-])cc1OC. The summed E-state index contributed by atoms with van der Waals surface area (Å²) in [7, 11) is 2.63. The predicted octanol–water partition coefficient (Wildman–Crippen LogP) is 4.39.